The summed E-state index contributed by atoms with van der Waals surface area (Å²) in [4.78, 5) is 11.0. The number of para-hydroxylation sites is 2. The highest BCUT2D eigenvalue weighted by Gasteiger charge is 2.09. The highest BCUT2D eigenvalue weighted by Crippen LogP contribution is 2.15. The lowest BCUT2D eigenvalue weighted by molar-refractivity contribution is 0.459. The molecule has 0 bridgehead atoms. The Hall–Kier alpha value is -1.55. The highest BCUT2D eigenvalue weighted by atomic mass is 127. The monoisotopic (exact) mass is 544 g/mol. The number of hydrogen-bond donors (Lipinski definition) is 1. The Balaban J connectivity index is 0.00000261. The summed E-state index contributed by atoms with van der Waals surface area (Å²) in [5, 5.41) is 3.45. The summed E-state index contributed by atoms with van der Waals surface area (Å²) in [5.41, 5.74) is 3.46. The third-order valence-electron chi connectivity index (χ3n) is 4.43. The minimum atomic E-state index is 0. The minimum absolute atomic E-state index is 0. The first-order valence-corrected chi connectivity index (χ1v) is 9.50. The number of rotatable bonds is 6. The summed E-state index contributed by atoms with van der Waals surface area (Å²) >= 11 is 3.52. The maximum absolute atomic E-state index is 4.44. The maximum atomic E-state index is 4.44. The largest absolute Gasteiger partial charge is 0.356 e. The average molecular weight is 545 g/mol. The quantitative estimate of drug-likeness (QED) is 0.222. The zero-order chi connectivity index (χ0) is 18.5. The van der Waals surface area contributed by atoms with Gasteiger partial charge in [0.1, 0.15) is 0 Å². The van der Waals surface area contributed by atoms with Crippen molar-refractivity contribution in [1.29, 1.82) is 0 Å². The van der Waals surface area contributed by atoms with Gasteiger partial charge in [0, 0.05) is 50.6 Å². The van der Waals surface area contributed by atoms with Crippen molar-refractivity contribution in [2.24, 2.45) is 12.0 Å². The second-order valence-corrected chi connectivity index (χ2v) is 7.29. The van der Waals surface area contributed by atoms with Crippen LogP contribution in [0.1, 0.15) is 12.1 Å². The standard InChI is InChI=1S/C19H25BrN6.HI/c1-21-19(25(3)13-16-11-15(20)12-24(16)2)22-9-6-10-26-14-23-17-7-4-5-8-18(17)26;/h4-5,7-8,11-12,14H,6,9-10,13H2,1-3H3,(H,21,22);1H. The minimum Gasteiger partial charge on any atom is -0.356 e. The van der Waals surface area contributed by atoms with Crippen LogP contribution in [0.25, 0.3) is 11.0 Å². The fourth-order valence-electron chi connectivity index (χ4n) is 3.06. The number of aromatic nitrogens is 3. The normalized spacial score (nSPS) is 11.5. The van der Waals surface area contributed by atoms with Crippen LogP contribution in [0.15, 0.2) is 52.3 Å². The van der Waals surface area contributed by atoms with Gasteiger partial charge in [-0.3, -0.25) is 4.99 Å². The number of aryl methyl sites for hydroxylation is 2. The van der Waals surface area contributed by atoms with E-state index in [-0.39, 0.29) is 24.0 Å². The molecule has 0 aliphatic carbocycles. The van der Waals surface area contributed by atoms with Crippen LogP contribution >= 0.6 is 39.9 Å². The van der Waals surface area contributed by atoms with Crippen molar-refractivity contribution in [2.45, 2.75) is 19.5 Å². The molecule has 6 nitrogen and oxygen atoms in total. The summed E-state index contributed by atoms with van der Waals surface area (Å²) in [6.07, 6.45) is 4.98. The SMILES string of the molecule is CN=C(NCCCn1cnc2ccccc21)N(C)Cc1cc(Br)cn1C.I. The molecule has 1 N–H and O–H groups in total. The molecule has 0 aliphatic heterocycles. The third kappa shape index (κ3) is 5.47. The van der Waals surface area contributed by atoms with E-state index in [9.17, 15) is 0 Å². The molecular formula is C19H26BrIN6. The van der Waals surface area contributed by atoms with Gasteiger partial charge in [-0.25, -0.2) is 4.98 Å². The maximum Gasteiger partial charge on any atom is 0.193 e. The molecule has 8 heteroatoms. The molecule has 0 fully saturated rings. The number of halogens is 2. The average Bonchev–Trinajstić information content (AvgIpc) is 3.17. The number of nitrogens with zero attached hydrogens (tertiary/aromatic N) is 5. The molecule has 0 spiro atoms. The van der Waals surface area contributed by atoms with Crippen molar-refractivity contribution in [2.75, 3.05) is 20.6 Å². The lowest BCUT2D eigenvalue weighted by atomic mass is 10.3. The van der Waals surface area contributed by atoms with Crippen LogP contribution < -0.4 is 5.32 Å². The second kappa shape index (κ2) is 10.1. The van der Waals surface area contributed by atoms with E-state index in [1.54, 1.807) is 0 Å². The van der Waals surface area contributed by atoms with E-state index in [0.717, 1.165) is 42.0 Å². The first-order valence-electron chi connectivity index (χ1n) is 8.71. The Bertz CT molecular complexity index is 901. The molecule has 0 saturated heterocycles. The van der Waals surface area contributed by atoms with Crippen LogP contribution in [-0.2, 0) is 20.1 Å². The van der Waals surface area contributed by atoms with Crippen molar-refractivity contribution < 1.29 is 0 Å². The van der Waals surface area contributed by atoms with Gasteiger partial charge in [0.05, 0.1) is 23.9 Å². The number of benzene rings is 1. The Kier molecular flexibility index (Phi) is 8.15. The number of nitrogens with one attached hydrogen (secondary N) is 1. The van der Waals surface area contributed by atoms with E-state index in [2.05, 4.69) is 83.7 Å². The molecule has 2 aromatic heterocycles. The Morgan fingerprint density at radius 3 is 2.81 bits per heavy atom. The number of imidazole rings is 1. The summed E-state index contributed by atoms with van der Waals surface area (Å²) in [6, 6.07) is 10.4. The third-order valence-corrected chi connectivity index (χ3v) is 4.87. The molecule has 3 aromatic rings. The van der Waals surface area contributed by atoms with Gasteiger partial charge in [0.2, 0.25) is 0 Å². The van der Waals surface area contributed by atoms with Gasteiger partial charge in [0.25, 0.3) is 0 Å². The molecule has 0 radical (unpaired) electrons. The van der Waals surface area contributed by atoms with Gasteiger partial charge in [-0.2, -0.15) is 0 Å². The first kappa shape index (κ1) is 21.7. The lowest BCUT2D eigenvalue weighted by Gasteiger charge is -2.22. The zero-order valence-electron chi connectivity index (χ0n) is 15.9. The van der Waals surface area contributed by atoms with E-state index in [1.807, 2.05) is 25.5 Å². The van der Waals surface area contributed by atoms with Crippen LogP contribution in [-0.4, -0.2) is 45.6 Å². The lowest BCUT2D eigenvalue weighted by Crippen LogP contribution is -2.39. The molecule has 0 atom stereocenters. The van der Waals surface area contributed by atoms with E-state index in [0.29, 0.717) is 0 Å². The molecule has 146 valence electrons. The van der Waals surface area contributed by atoms with Crippen molar-refractivity contribution in [3.63, 3.8) is 0 Å². The van der Waals surface area contributed by atoms with E-state index in [1.165, 1.54) is 11.2 Å². The Morgan fingerprint density at radius 2 is 2.11 bits per heavy atom. The summed E-state index contributed by atoms with van der Waals surface area (Å²) in [7, 11) is 5.93. The molecule has 27 heavy (non-hydrogen) atoms. The molecule has 0 aliphatic rings. The van der Waals surface area contributed by atoms with E-state index >= 15 is 0 Å². The molecule has 1 aromatic carbocycles. The number of aliphatic imine (C=N–C) groups is 1. The van der Waals surface area contributed by atoms with Crippen LogP contribution in [0.4, 0.5) is 0 Å². The van der Waals surface area contributed by atoms with Gasteiger partial charge in [0.15, 0.2) is 5.96 Å². The smallest absolute Gasteiger partial charge is 0.193 e. The molecule has 3 rings (SSSR count). The van der Waals surface area contributed by atoms with Crippen LogP contribution in [0, 0.1) is 0 Å². The van der Waals surface area contributed by atoms with Gasteiger partial charge in [-0.15, -0.1) is 24.0 Å². The zero-order valence-corrected chi connectivity index (χ0v) is 19.8. The van der Waals surface area contributed by atoms with Gasteiger partial charge in [-0.1, -0.05) is 12.1 Å². The summed E-state index contributed by atoms with van der Waals surface area (Å²) in [5.74, 6) is 0.901. The molecule has 0 saturated carbocycles. The first-order chi connectivity index (χ1) is 12.6. The van der Waals surface area contributed by atoms with Crippen molar-refractivity contribution in [3.05, 3.63) is 53.0 Å². The van der Waals surface area contributed by atoms with Crippen molar-refractivity contribution in [1.82, 2.24) is 24.3 Å². The van der Waals surface area contributed by atoms with Crippen LogP contribution in [0.2, 0.25) is 0 Å². The van der Waals surface area contributed by atoms with Gasteiger partial charge < -0.3 is 19.4 Å². The number of hydrogen-bond acceptors (Lipinski definition) is 2. The van der Waals surface area contributed by atoms with E-state index in [4.69, 9.17) is 0 Å². The molecule has 0 amide bonds. The fraction of sp³-hybridized carbons (Fsp3) is 0.368. The predicted octanol–water partition coefficient (Wildman–Crippen LogP) is 3.85. The topological polar surface area (TPSA) is 50.4 Å². The summed E-state index contributed by atoms with van der Waals surface area (Å²) in [6.45, 7) is 2.59. The van der Waals surface area contributed by atoms with Gasteiger partial charge >= 0.3 is 0 Å². The second-order valence-electron chi connectivity index (χ2n) is 6.37. The molecular weight excluding hydrogens is 519 g/mol. The summed E-state index contributed by atoms with van der Waals surface area (Å²) < 4.78 is 5.42. The van der Waals surface area contributed by atoms with Crippen molar-refractivity contribution in [3.8, 4) is 0 Å². The van der Waals surface area contributed by atoms with E-state index < -0.39 is 0 Å². The van der Waals surface area contributed by atoms with Crippen LogP contribution in [0.3, 0.4) is 0 Å². The number of fused-ring (bicyclic) bond motifs is 1. The molecule has 2 heterocycles. The van der Waals surface area contributed by atoms with Gasteiger partial charge in [-0.05, 0) is 40.5 Å². The highest BCUT2D eigenvalue weighted by molar-refractivity contribution is 14.0. The number of guanidine groups is 1. The van der Waals surface area contributed by atoms with Crippen LogP contribution in [0.5, 0.6) is 0 Å². The fourth-order valence-corrected chi connectivity index (χ4v) is 3.64. The molecule has 0 unspecified atom stereocenters. The Labute approximate surface area is 185 Å². The predicted molar refractivity (Wildman–Crippen MR) is 126 cm³/mol. The Morgan fingerprint density at radius 1 is 1.33 bits per heavy atom. The van der Waals surface area contributed by atoms with Crippen molar-refractivity contribution >= 4 is 56.9 Å².